The van der Waals surface area contributed by atoms with Crippen molar-refractivity contribution < 1.29 is 51.0 Å². The number of aliphatic hydroxyl groups excluding tert-OH is 1. The molecule has 12 heteroatoms. The third kappa shape index (κ3) is 9.09. The van der Waals surface area contributed by atoms with Gasteiger partial charge in [0.2, 0.25) is 5.76 Å². The minimum Gasteiger partial charge on any atom is -0.485 e. The second-order valence-electron chi connectivity index (χ2n) is 10.1. The van der Waals surface area contributed by atoms with E-state index in [-0.39, 0.29) is 37.9 Å². The second kappa shape index (κ2) is 15.8. The topological polar surface area (TPSA) is 110 Å². The molecule has 0 radical (unpaired) electrons. The number of esters is 1. The Morgan fingerprint density at radius 2 is 1.20 bits per heavy atom. The number of benzene rings is 4. The van der Waals surface area contributed by atoms with E-state index < -0.39 is 44.2 Å². The van der Waals surface area contributed by atoms with Crippen LogP contribution in [0.15, 0.2) is 121 Å². The molecule has 0 fully saturated rings. The number of carbonyl (C=O) groups is 1. The maximum atomic E-state index is 14.0. The van der Waals surface area contributed by atoms with Gasteiger partial charge in [0.15, 0.2) is 11.9 Å². The second-order valence-corrected chi connectivity index (χ2v) is 11.8. The maximum absolute atomic E-state index is 14.0. The zero-order valence-corrected chi connectivity index (χ0v) is 25.4. The highest BCUT2D eigenvalue weighted by Gasteiger charge is 2.46. The van der Waals surface area contributed by atoms with Crippen LogP contribution in [0.5, 0.6) is 0 Å². The predicted molar refractivity (Wildman–Crippen MR) is 161 cm³/mol. The van der Waals surface area contributed by atoms with E-state index in [0.717, 1.165) is 0 Å². The fourth-order valence-electron chi connectivity index (χ4n) is 4.45. The molecule has 2 atom stereocenters. The molecule has 0 spiro atoms. The number of hydrogen-bond donors (Lipinski definition) is 1. The number of cyclic esters (lactones) is 1. The summed E-state index contributed by atoms with van der Waals surface area (Å²) in [5.41, 5.74) is 2.18. The smallest absolute Gasteiger partial charge is 0.475 e. The number of hydrogen-bond acceptors (Lipinski definition) is 9. The van der Waals surface area contributed by atoms with Gasteiger partial charge in [0.1, 0.15) is 31.0 Å². The van der Waals surface area contributed by atoms with Crippen LogP contribution in [0.2, 0.25) is 0 Å². The van der Waals surface area contributed by atoms with Gasteiger partial charge in [-0.3, -0.25) is 13.6 Å². The largest absolute Gasteiger partial charge is 0.485 e. The summed E-state index contributed by atoms with van der Waals surface area (Å²) in [5, 5.41) is 10.4. The van der Waals surface area contributed by atoms with E-state index in [1.807, 2.05) is 12.1 Å². The van der Waals surface area contributed by atoms with Crippen molar-refractivity contribution in [2.45, 2.75) is 38.6 Å². The Labute approximate surface area is 264 Å². The lowest BCUT2D eigenvalue weighted by atomic mass is 10.1. The Kier molecular flexibility index (Phi) is 11.3. The summed E-state index contributed by atoms with van der Waals surface area (Å²) in [7, 11) is -4.46. The minimum atomic E-state index is -4.46. The molecular weight excluding hydrogens is 621 g/mol. The first-order chi connectivity index (χ1) is 22.3. The Hall–Kier alpha value is -4.38. The van der Waals surface area contributed by atoms with Crippen molar-refractivity contribution in [2.75, 3.05) is 6.61 Å². The van der Waals surface area contributed by atoms with Gasteiger partial charge < -0.3 is 19.3 Å². The highest BCUT2D eigenvalue weighted by Crippen LogP contribution is 2.53. The molecule has 5 rings (SSSR count). The number of aliphatic hydroxyl groups is 1. The van der Waals surface area contributed by atoms with Crippen molar-refractivity contribution in [1.29, 1.82) is 0 Å². The molecule has 1 aliphatic rings. The molecule has 0 saturated carbocycles. The van der Waals surface area contributed by atoms with E-state index in [2.05, 4.69) is 0 Å². The Balaban J connectivity index is 1.41. The van der Waals surface area contributed by atoms with Crippen molar-refractivity contribution in [3.63, 3.8) is 0 Å². The van der Waals surface area contributed by atoms with E-state index in [4.69, 9.17) is 27.8 Å². The van der Waals surface area contributed by atoms with Crippen LogP contribution < -0.4 is 0 Å². The summed E-state index contributed by atoms with van der Waals surface area (Å²) in [5.74, 6) is -2.56. The van der Waals surface area contributed by atoms with Gasteiger partial charge in [-0.15, -0.1) is 0 Å². The predicted octanol–water partition coefficient (Wildman–Crippen LogP) is 6.75. The summed E-state index contributed by atoms with van der Waals surface area (Å²) in [6.07, 6.45) is -2.98. The highest BCUT2D eigenvalue weighted by atomic mass is 31.2. The summed E-state index contributed by atoms with van der Waals surface area (Å²) in [4.78, 5) is 13.1. The van der Waals surface area contributed by atoms with E-state index in [9.17, 15) is 23.2 Å². The van der Waals surface area contributed by atoms with Crippen LogP contribution in [0, 0.1) is 11.6 Å². The van der Waals surface area contributed by atoms with Crippen molar-refractivity contribution in [3.8, 4) is 0 Å². The van der Waals surface area contributed by atoms with Crippen LogP contribution in [-0.2, 0) is 63.6 Å². The molecule has 9 nitrogen and oxygen atoms in total. The molecule has 1 N–H and O–H groups in total. The van der Waals surface area contributed by atoms with Gasteiger partial charge in [-0.2, -0.15) is 0 Å². The third-order valence-electron chi connectivity index (χ3n) is 6.70. The average molecular weight is 653 g/mol. The zero-order chi connectivity index (χ0) is 32.4. The lowest BCUT2D eigenvalue weighted by Gasteiger charge is -2.27. The van der Waals surface area contributed by atoms with Crippen LogP contribution in [0.3, 0.4) is 0 Å². The van der Waals surface area contributed by atoms with Crippen molar-refractivity contribution in [2.24, 2.45) is 0 Å². The molecule has 0 aliphatic carbocycles. The molecule has 240 valence electrons. The van der Waals surface area contributed by atoms with Crippen molar-refractivity contribution in [1.82, 2.24) is 0 Å². The van der Waals surface area contributed by atoms with Gasteiger partial charge in [0, 0.05) is 0 Å². The molecular formula is C34H31F2O9P. The number of ether oxygens (including phenoxy) is 3. The number of phosphoric acid groups is 1. The number of carbonyl (C=O) groups excluding carboxylic acids is 1. The molecule has 0 unspecified atom stereocenters. The Bertz CT molecular complexity index is 1640. The fourth-order valence-corrected chi connectivity index (χ4v) is 5.77. The quantitative estimate of drug-likeness (QED) is 0.104. The van der Waals surface area contributed by atoms with Crippen molar-refractivity contribution >= 4 is 13.8 Å². The summed E-state index contributed by atoms with van der Waals surface area (Å²) < 4.78 is 75.9. The average Bonchev–Trinajstić information content (AvgIpc) is 3.39. The maximum Gasteiger partial charge on any atom is 0.475 e. The van der Waals surface area contributed by atoms with Gasteiger partial charge in [0.25, 0.3) is 0 Å². The molecule has 1 aliphatic heterocycles. The Morgan fingerprint density at radius 1 is 0.696 bits per heavy atom. The monoisotopic (exact) mass is 652 g/mol. The first-order valence-electron chi connectivity index (χ1n) is 14.3. The molecule has 46 heavy (non-hydrogen) atoms. The number of phosphoric ester groups is 1. The minimum absolute atomic E-state index is 0.156. The van der Waals surface area contributed by atoms with E-state index in [0.29, 0.717) is 22.3 Å². The SMILES string of the molecule is O=C1O[C@H]([C@H](CO)OP(=O)(OCc2ccccc2)OCc2ccccc2)C(OCc2cccc(F)c2)=C1OCc1cccc(F)c1. The summed E-state index contributed by atoms with van der Waals surface area (Å²) in [6, 6.07) is 28.9. The van der Waals surface area contributed by atoms with Crippen LogP contribution >= 0.6 is 7.82 Å². The van der Waals surface area contributed by atoms with Crippen LogP contribution in [0.1, 0.15) is 22.3 Å². The van der Waals surface area contributed by atoms with Crippen LogP contribution in [0.4, 0.5) is 8.78 Å². The summed E-state index contributed by atoms with van der Waals surface area (Å²) >= 11 is 0. The lowest BCUT2D eigenvalue weighted by molar-refractivity contribution is -0.148. The number of rotatable bonds is 16. The fraction of sp³-hybridized carbons (Fsp3) is 0.206. The van der Waals surface area contributed by atoms with E-state index >= 15 is 0 Å². The Morgan fingerprint density at radius 3 is 1.70 bits per heavy atom. The summed E-state index contributed by atoms with van der Waals surface area (Å²) in [6.45, 7) is -1.58. The molecule has 0 bridgehead atoms. The van der Waals surface area contributed by atoms with Gasteiger partial charge in [-0.05, 0) is 46.5 Å². The number of halogens is 2. The first kappa shape index (κ1) is 33.0. The molecule has 0 saturated heterocycles. The van der Waals surface area contributed by atoms with Gasteiger partial charge in [0.05, 0.1) is 19.8 Å². The van der Waals surface area contributed by atoms with Gasteiger partial charge in [-0.1, -0.05) is 84.9 Å². The van der Waals surface area contributed by atoms with Gasteiger partial charge in [-0.25, -0.2) is 18.1 Å². The normalized spacial score (nSPS) is 15.5. The molecule has 4 aromatic carbocycles. The third-order valence-corrected chi connectivity index (χ3v) is 8.12. The molecule has 0 amide bonds. The standard InChI is InChI=1S/C34H31F2O9P/c35-28-15-7-13-26(17-28)20-40-32-31(44-34(38)33(32)41-21-27-14-8-16-29(36)18-27)30(19-37)45-46(39,42-22-24-9-3-1-4-10-24)43-23-25-11-5-2-6-12-25/h1-18,30-31,37H,19-23H2/t30-,31+/m0/s1. The highest BCUT2D eigenvalue weighted by molar-refractivity contribution is 7.48. The first-order valence-corrected chi connectivity index (χ1v) is 15.7. The molecule has 0 aromatic heterocycles. The molecule has 1 heterocycles. The van der Waals surface area contributed by atoms with Crippen LogP contribution in [0.25, 0.3) is 0 Å². The van der Waals surface area contributed by atoms with Gasteiger partial charge >= 0.3 is 13.8 Å². The zero-order valence-electron chi connectivity index (χ0n) is 24.5. The van der Waals surface area contributed by atoms with Crippen LogP contribution in [-0.4, -0.2) is 29.9 Å². The lowest BCUT2D eigenvalue weighted by Crippen LogP contribution is -2.35. The molecule has 4 aromatic rings. The van der Waals surface area contributed by atoms with E-state index in [1.54, 1.807) is 60.7 Å². The van der Waals surface area contributed by atoms with Crippen molar-refractivity contribution in [3.05, 3.63) is 155 Å². The van der Waals surface area contributed by atoms with E-state index in [1.165, 1.54) is 36.4 Å².